The number of halogens is 1. The van der Waals surface area contributed by atoms with E-state index in [0.29, 0.717) is 11.3 Å². The number of hydrogen-bond acceptors (Lipinski definition) is 5. The van der Waals surface area contributed by atoms with Crippen LogP contribution in [0, 0.1) is 6.92 Å². The molecule has 2 aliphatic heterocycles. The Hall–Kier alpha value is -3.06. The molecule has 4 heterocycles. The number of rotatable bonds is 1. The average Bonchev–Trinajstić information content (AvgIpc) is 2.96. The molecule has 2 atom stereocenters. The van der Waals surface area contributed by atoms with Crippen LogP contribution in [-0.4, -0.2) is 20.6 Å². The predicted molar refractivity (Wildman–Crippen MR) is 99.4 cm³/mol. The maximum absolute atomic E-state index is 15.3. The summed E-state index contributed by atoms with van der Waals surface area (Å²) in [6.45, 7) is 3.25. The molecule has 0 fully saturated rings. The molecule has 0 bridgehead atoms. The van der Waals surface area contributed by atoms with Crippen molar-refractivity contribution < 1.29 is 19.0 Å². The number of para-hydroxylation sites is 1. The molecule has 5 rings (SSSR count). The largest absolute Gasteiger partial charge is 0.458 e. The fourth-order valence-corrected chi connectivity index (χ4v) is 4.17. The minimum atomic E-state index is -1.93. The van der Waals surface area contributed by atoms with E-state index in [4.69, 9.17) is 4.74 Å². The van der Waals surface area contributed by atoms with Crippen LogP contribution in [-0.2, 0) is 21.7 Å². The van der Waals surface area contributed by atoms with Crippen LogP contribution in [0.25, 0.3) is 22.3 Å². The summed E-state index contributed by atoms with van der Waals surface area (Å²) in [5, 5.41) is 11.6. The van der Waals surface area contributed by atoms with Crippen molar-refractivity contribution in [1.29, 1.82) is 0 Å². The Balaban J connectivity index is 1.86. The third kappa shape index (κ3) is 1.97. The van der Waals surface area contributed by atoms with Gasteiger partial charge in [0, 0.05) is 16.5 Å². The molecule has 28 heavy (non-hydrogen) atoms. The van der Waals surface area contributed by atoms with E-state index in [9.17, 15) is 14.7 Å². The first-order valence-electron chi connectivity index (χ1n) is 9.10. The van der Waals surface area contributed by atoms with Gasteiger partial charge in [0.25, 0.3) is 5.56 Å². The molecular formula is C21H17FN2O4. The molecule has 1 aromatic carbocycles. The minimum absolute atomic E-state index is 0.0396. The zero-order valence-electron chi connectivity index (χ0n) is 15.3. The zero-order valence-corrected chi connectivity index (χ0v) is 15.3. The second-order valence-electron chi connectivity index (χ2n) is 7.30. The fraction of sp³-hybridized carbons (Fsp3) is 0.286. The first-order chi connectivity index (χ1) is 13.4. The van der Waals surface area contributed by atoms with Crippen molar-refractivity contribution in [2.24, 2.45) is 0 Å². The maximum atomic E-state index is 15.3. The average molecular weight is 380 g/mol. The van der Waals surface area contributed by atoms with Gasteiger partial charge < -0.3 is 9.84 Å². The number of pyridine rings is 2. The second kappa shape index (κ2) is 5.48. The maximum Gasteiger partial charge on any atom is 0.343 e. The summed E-state index contributed by atoms with van der Waals surface area (Å²) in [4.78, 5) is 29.9. The van der Waals surface area contributed by atoms with Crippen LogP contribution >= 0.6 is 0 Å². The topological polar surface area (TPSA) is 81.4 Å². The van der Waals surface area contributed by atoms with Crippen LogP contribution in [0.15, 0.2) is 35.1 Å². The van der Waals surface area contributed by atoms with Crippen LogP contribution in [0.2, 0.25) is 0 Å². The van der Waals surface area contributed by atoms with Gasteiger partial charge in [0.2, 0.25) is 6.30 Å². The Labute approximate surface area is 159 Å². The van der Waals surface area contributed by atoms with Crippen LogP contribution in [0.5, 0.6) is 0 Å². The lowest BCUT2D eigenvalue weighted by atomic mass is 9.86. The summed E-state index contributed by atoms with van der Waals surface area (Å²) in [6, 6.07) is 8.84. The molecule has 2 aromatic heterocycles. The second-order valence-corrected chi connectivity index (χ2v) is 7.30. The van der Waals surface area contributed by atoms with E-state index in [0.717, 1.165) is 21.0 Å². The number of alkyl halides is 1. The number of fused-ring (bicyclic) bond motifs is 5. The molecule has 1 N–H and O–H groups in total. The van der Waals surface area contributed by atoms with Gasteiger partial charge in [0.05, 0.1) is 22.5 Å². The highest BCUT2D eigenvalue weighted by molar-refractivity contribution is 5.87. The van der Waals surface area contributed by atoms with E-state index < -0.39 is 23.4 Å². The van der Waals surface area contributed by atoms with Gasteiger partial charge in [-0.15, -0.1) is 0 Å². The zero-order chi connectivity index (χ0) is 19.8. The number of ether oxygens (including phenoxy) is 1. The first-order valence-corrected chi connectivity index (χ1v) is 9.10. The molecule has 0 amide bonds. The van der Waals surface area contributed by atoms with Crippen molar-refractivity contribution in [1.82, 2.24) is 9.55 Å². The summed E-state index contributed by atoms with van der Waals surface area (Å²) < 4.78 is 21.3. The Morgan fingerprint density at radius 1 is 1.36 bits per heavy atom. The lowest BCUT2D eigenvalue weighted by molar-refractivity contribution is -0.172. The Morgan fingerprint density at radius 3 is 2.89 bits per heavy atom. The molecule has 7 heteroatoms. The van der Waals surface area contributed by atoms with Crippen LogP contribution in [0.1, 0.15) is 41.9 Å². The molecule has 142 valence electrons. The van der Waals surface area contributed by atoms with Gasteiger partial charge in [-0.3, -0.25) is 9.36 Å². The van der Waals surface area contributed by atoms with Crippen molar-refractivity contribution in [3.05, 3.63) is 62.9 Å². The predicted octanol–water partition coefficient (Wildman–Crippen LogP) is 2.86. The number of esters is 1. The van der Waals surface area contributed by atoms with Gasteiger partial charge in [-0.25, -0.2) is 14.2 Å². The Bertz CT molecular complexity index is 1250. The lowest BCUT2D eigenvalue weighted by Gasteiger charge is -2.31. The van der Waals surface area contributed by atoms with Crippen molar-refractivity contribution in [2.45, 2.75) is 38.8 Å². The number of aromatic nitrogens is 2. The number of cyclic esters (lactones) is 1. The monoisotopic (exact) mass is 380 g/mol. The molecule has 0 saturated carbocycles. The van der Waals surface area contributed by atoms with Crippen LogP contribution in [0.3, 0.4) is 0 Å². The van der Waals surface area contributed by atoms with Gasteiger partial charge in [-0.2, -0.15) is 0 Å². The molecule has 2 aliphatic rings. The van der Waals surface area contributed by atoms with Crippen molar-refractivity contribution in [3.63, 3.8) is 0 Å². The number of carbonyl (C=O) groups is 1. The number of nitrogens with zero attached hydrogens (tertiary/aromatic N) is 2. The number of hydrogen-bond donors (Lipinski definition) is 1. The van der Waals surface area contributed by atoms with E-state index in [1.54, 1.807) is 13.0 Å². The third-order valence-electron chi connectivity index (χ3n) is 5.79. The highest BCUT2D eigenvalue weighted by Gasteiger charge is 2.46. The summed E-state index contributed by atoms with van der Waals surface area (Å²) in [5.74, 6) is -0.802. The van der Waals surface area contributed by atoms with Gasteiger partial charge >= 0.3 is 5.97 Å². The number of benzene rings is 1. The standard InChI is InChI=1S/C21H17FN2O4/c1-3-21(27)14-8-15-17-12(7-11-6-4-5-10(2)16(11)23-17)18(22)24(15)19(25)13(14)9-28-20(21)26/h4-8,18,27H,3,9H2,1-2H3/t18?,21-/m0/s1. The van der Waals surface area contributed by atoms with E-state index >= 15 is 4.39 Å². The highest BCUT2D eigenvalue weighted by Crippen LogP contribution is 2.43. The van der Waals surface area contributed by atoms with E-state index in [1.165, 1.54) is 6.07 Å². The first kappa shape index (κ1) is 17.1. The van der Waals surface area contributed by atoms with Gasteiger partial charge in [-0.1, -0.05) is 25.1 Å². The summed E-state index contributed by atoms with van der Waals surface area (Å²) in [6.07, 6.45) is -1.65. The number of carbonyl (C=O) groups excluding carboxylic acids is 1. The van der Waals surface area contributed by atoms with Gasteiger partial charge in [-0.05, 0) is 31.0 Å². The van der Waals surface area contributed by atoms with Crippen molar-refractivity contribution >= 4 is 16.9 Å². The molecular weight excluding hydrogens is 363 g/mol. The van der Waals surface area contributed by atoms with E-state index in [-0.39, 0.29) is 29.8 Å². The number of aryl methyl sites for hydroxylation is 1. The van der Waals surface area contributed by atoms with E-state index in [1.807, 2.05) is 25.1 Å². The molecule has 1 unspecified atom stereocenters. The molecule has 6 nitrogen and oxygen atoms in total. The molecule has 0 spiro atoms. The smallest absolute Gasteiger partial charge is 0.343 e. The minimum Gasteiger partial charge on any atom is -0.458 e. The SMILES string of the molecule is CC[C@@]1(O)C(=O)OCc2c1cc1n(c2=O)C(F)c2cc3cccc(C)c3nc2-1. The molecule has 3 aromatic rings. The Morgan fingerprint density at radius 2 is 2.14 bits per heavy atom. The summed E-state index contributed by atoms with van der Waals surface area (Å²) in [7, 11) is 0. The summed E-state index contributed by atoms with van der Waals surface area (Å²) >= 11 is 0. The number of aliphatic hydroxyl groups is 1. The van der Waals surface area contributed by atoms with Crippen LogP contribution in [0.4, 0.5) is 4.39 Å². The molecule has 0 aliphatic carbocycles. The molecule has 0 radical (unpaired) electrons. The quantitative estimate of drug-likeness (QED) is 0.657. The summed E-state index contributed by atoms with van der Waals surface area (Å²) in [5.41, 5.74) is 0.301. The fourth-order valence-electron chi connectivity index (χ4n) is 4.17. The van der Waals surface area contributed by atoms with Gasteiger partial charge in [0.1, 0.15) is 6.61 Å². The highest BCUT2D eigenvalue weighted by atomic mass is 19.1. The van der Waals surface area contributed by atoms with Crippen LogP contribution < -0.4 is 5.56 Å². The Kier molecular flexibility index (Phi) is 3.34. The third-order valence-corrected chi connectivity index (χ3v) is 5.79. The lowest BCUT2D eigenvalue weighted by Crippen LogP contribution is -2.44. The van der Waals surface area contributed by atoms with Crippen molar-refractivity contribution in [2.75, 3.05) is 0 Å². The van der Waals surface area contributed by atoms with Gasteiger partial charge in [0.15, 0.2) is 5.60 Å². The van der Waals surface area contributed by atoms with Crippen molar-refractivity contribution in [3.8, 4) is 11.4 Å². The molecule has 0 saturated heterocycles. The van der Waals surface area contributed by atoms with E-state index in [2.05, 4.69) is 4.98 Å². The normalized spacial score (nSPS) is 22.6.